The topological polar surface area (TPSA) is 68.3 Å². The summed E-state index contributed by atoms with van der Waals surface area (Å²) in [6.45, 7) is 3.62. The SMILES string of the molecule is COc1ccc(OCCNc2cc(C)nc(NCc3ccccc3Cl)n2)cc1. The summed E-state index contributed by atoms with van der Waals surface area (Å²) in [4.78, 5) is 8.92. The molecule has 0 saturated carbocycles. The molecule has 6 nitrogen and oxygen atoms in total. The number of methoxy groups -OCH3 is 1. The monoisotopic (exact) mass is 398 g/mol. The first kappa shape index (κ1) is 19.8. The quantitative estimate of drug-likeness (QED) is 0.515. The van der Waals surface area contributed by atoms with E-state index >= 15 is 0 Å². The maximum Gasteiger partial charge on any atom is 0.225 e. The van der Waals surface area contributed by atoms with Crippen LogP contribution in [0, 0.1) is 6.92 Å². The normalized spacial score (nSPS) is 10.4. The number of rotatable bonds is 9. The Balaban J connectivity index is 1.50. The minimum absolute atomic E-state index is 0.512. The molecule has 0 amide bonds. The Morgan fingerprint density at radius 2 is 1.71 bits per heavy atom. The van der Waals surface area contributed by atoms with Gasteiger partial charge in [0.2, 0.25) is 5.95 Å². The number of nitrogens with one attached hydrogen (secondary N) is 2. The Morgan fingerprint density at radius 3 is 2.46 bits per heavy atom. The molecule has 0 aliphatic carbocycles. The number of aryl methyl sites for hydroxylation is 1. The van der Waals surface area contributed by atoms with E-state index in [9.17, 15) is 0 Å². The Hall–Kier alpha value is -2.99. The summed E-state index contributed by atoms with van der Waals surface area (Å²) < 4.78 is 10.8. The molecule has 2 aromatic carbocycles. The number of aromatic nitrogens is 2. The van der Waals surface area contributed by atoms with Gasteiger partial charge in [-0.1, -0.05) is 29.8 Å². The van der Waals surface area contributed by atoms with Gasteiger partial charge in [0.25, 0.3) is 0 Å². The van der Waals surface area contributed by atoms with Gasteiger partial charge in [-0.3, -0.25) is 0 Å². The summed E-state index contributed by atoms with van der Waals surface area (Å²) in [5.41, 5.74) is 1.87. The molecule has 0 bridgehead atoms. The lowest BCUT2D eigenvalue weighted by Crippen LogP contribution is -2.14. The molecular weight excluding hydrogens is 376 g/mol. The van der Waals surface area contributed by atoms with Crippen LogP contribution in [0.3, 0.4) is 0 Å². The largest absolute Gasteiger partial charge is 0.497 e. The van der Waals surface area contributed by atoms with Crippen LogP contribution in [-0.2, 0) is 6.54 Å². The van der Waals surface area contributed by atoms with Gasteiger partial charge in [0.1, 0.15) is 23.9 Å². The molecule has 1 heterocycles. The van der Waals surface area contributed by atoms with E-state index in [0.717, 1.165) is 33.6 Å². The van der Waals surface area contributed by atoms with Crippen LogP contribution >= 0.6 is 11.6 Å². The Morgan fingerprint density at radius 1 is 0.964 bits per heavy atom. The summed E-state index contributed by atoms with van der Waals surface area (Å²) in [5, 5.41) is 7.20. The molecule has 0 aliphatic rings. The fraction of sp³-hybridized carbons (Fsp3) is 0.238. The van der Waals surface area contributed by atoms with Gasteiger partial charge in [-0.15, -0.1) is 0 Å². The third-order valence-electron chi connectivity index (χ3n) is 3.99. The first-order valence-electron chi connectivity index (χ1n) is 8.98. The van der Waals surface area contributed by atoms with Gasteiger partial charge >= 0.3 is 0 Å². The van der Waals surface area contributed by atoms with Crippen molar-refractivity contribution in [3.8, 4) is 11.5 Å². The highest BCUT2D eigenvalue weighted by Gasteiger charge is 2.04. The molecule has 146 valence electrons. The van der Waals surface area contributed by atoms with Crippen LogP contribution in [0.15, 0.2) is 54.6 Å². The van der Waals surface area contributed by atoms with Gasteiger partial charge in [0.05, 0.1) is 13.7 Å². The van der Waals surface area contributed by atoms with Crippen LogP contribution in [0.1, 0.15) is 11.3 Å². The van der Waals surface area contributed by atoms with Crippen LogP contribution in [0.5, 0.6) is 11.5 Å². The first-order valence-corrected chi connectivity index (χ1v) is 9.35. The maximum absolute atomic E-state index is 6.19. The number of hydrogen-bond acceptors (Lipinski definition) is 6. The Bertz CT molecular complexity index is 903. The smallest absolute Gasteiger partial charge is 0.225 e. The summed E-state index contributed by atoms with van der Waals surface area (Å²) in [5.74, 6) is 2.90. The van der Waals surface area contributed by atoms with Crippen molar-refractivity contribution in [2.75, 3.05) is 30.9 Å². The van der Waals surface area contributed by atoms with E-state index in [0.29, 0.717) is 25.6 Å². The second kappa shape index (κ2) is 9.80. The van der Waals surface area contributed by atoms with Crippen LogP contribution < -0.4 is 20.1 Å². The number of anilines is 2. The van der Waals surface area contributed by atoms with Gasteiger partial charge in [-0.25, -0.2) is 4.98 Å². The van der Waals surface area contributed by atoms with E-state index < -0.39 is 0 Å². The zero-order valence-electron chi connectivity index (χ0n) is 15.9. The summed E-state index contributed by atoms with van der Waals surface area (Å²) in [6, 6.07) is 17.1. The molecule has 0 spiro atoms. The van der Waals surface area contributed by atoms with Gasteiger partial charge in [0.15, 0.2) is 0 Å². The van der Waals surface area contributed by atoms with E-state index in [-0.39, 0.29) is 0 Å². The lowest BCUT2D eigenvalue weighted by Gasteiger charge is -2.11. The number of halogens is 1. The minimum Gasteiger partial charge on any atom is -0.497 e. The second-order valence-electron chi connectivity index (χ2n) is 6.11. The molecule has 0 aliphatic heterocycles. The molecule has 0 unspecified atom stereocenters. The maximum atomic E-state index is 6.19. The molecular formula is C21H23ClN4O2. The zero-order chi connectivity index (χ0) is 19.8. The van der Waals surface area contributed by atoms with E-state index in [1.165, 1.54) is 0 Å². The Kier molecular flexibility index (Phi) is 6.92. The fourth-order valence-corrected chi connectivity index (χ4v) is 2.78. The van der Waals surface area contributed by atoms with Gasteiger partial charge in [-0.05, 0) is 42.8 Å². The van der Waals surface area contributed by atoms with Crippen LogP contribution in [0.2, 0.25) is 5.02 Å². The van der Waals surface area contributed by atoms with Crippen molar-refractivity contribution >= 4 is 23.4 Å². The van der Waals surface area contributed by atoms with E-state index in [4.69, 9.17) is 21.1 Å². The number of ether oxygens (including phenoxy) is 2. The van der Waals surface area contributed by atoms with E-state index in [1.807, 2.05) is 61.5 Å². The van der Waals surface area contributed by atoms with Crippen molar-refractivity contribution in [3.63, 3.8) is 0 Å². The predicted octanol–water partition coefficient (Wildman–Crippen LogP) is 4.55. The highest BCUT2D eigenvalue weighted by Crippen LogP contribution is 2.18. The standard InChI is InChI=1S/C21H23ClN4O2/c1-15-13-20(23-11-12-28-18-9-7-17(27-2)8-10-18)26-21(25-15)24-14-16-5-3-4-6-19(16)22/h3-10,13H,11-12,14H2,1-2H3,(H2,23,24,25,26). The van der Waals surface area contributed by atoms with E-state index in [2.05, 4.69) is 20.6 Å². The predicted molar refractivity (Wildman–Crippen MR) is 113 cm³/mol. The molecule has 3 aromatic rings. The molecule has 7 heteroatoms. The molecule has 0 fully saturated rings. The second-order valence-corrected chi connectivity index (χ2v) is 6.52. The highest BCUT2D eigenvalue weighted by atomic mass is 35.5. The number of nitrogens with zero attached hydrogens (tertiary/aromatic N) is 2. The lowest BCUT2D eigenvalue weighted by atomic mass is 10.2. The fourth-order valence-electron chi connectivity index (χ4n) is 2.57. The van der Waals surface area contributed by atoms with Crippen LogP contribution in [0.25, 0.3) is 0 Å². The Labute approximate surface area is 169 Å². The summed E-state index contributed by atoms with van der Waals surface area (Å²) >= 11 is 6.19. The molecule has 0 atom stereocenters. The van der Waals surface area contributed by atoms with Crippen molar-refractivity contribution in [2.45, 2.75) is 13.5 Å². The van der Waals surface area contributed by atoms with Crippen molar-refractivity contribution < 1.29 is 9.47 Å². The summed E-state index contributed by atoms with van der Waals surface area (Å²) in [6.07, 6.45) is 0. The van der Waals surface area contributed by atoms with Crippen molar-refractivity contribution in [3.05, 3.63) is 70.9 Å². The molecule has 28 heavy (non-hydrogen) atoms. The third-order valence-corrected chi connectivity index (χ3v) is 4.35. The van der Waals surface area contributed by atoms with Gasteiger partial charge < -0.3 is 20.1 Å². The molecule has 1 aromatic heterocycles. The molecule has 0 radical (unpaired) electrons. The lowest BCUT2D eigenvalue weighted by molar-refractivity contribution is 0.331. The molecule has 3 rings (SSSR count). The minimum atomic E-state index is 0.512. The summed E-state index contributed by atoms with van der Waals surface area (Å²) in [7, 11) is 1.64. The van der Waals surface area contributed by atoms with Gasteiger partial charge in [-0.2, -0.15) is 4.98 Å². The van der Waals surface area contributed by atoms with Crippen molar-refractivity contribution in [1.29, 1.82) is 0 Å². The number of benzene rings is 2. The van der Waals surface area contributed by atoms with Gasteiger partial charge in [0, 0.05) is 23.3 Å². The zero-order valence-corrected chi connectivity index (χ0v) is 16.7. The first-order chi connectivity index (χ1) is 13.6. The average molecular weight is 399 g/mol. The highest BCUT2D eigenvalue weighted by molar-refractivity contribution is 6.31. The molecule has 2 N–H and O–H groups in total. The third kappa shape index (κ3) is 5.76. The average Bonchev–Trinajstić information content (AvgIpc) is 2.71. The van der Waals surface area contributed by atoms with Crippen molar-refractivity contribution in [2.24, 2.45) is 0 Å². The number of hydrogen-bond donors (Lipinski definition) is 2. The van der Waals surface area contributed by atoms with Crippen LogP contribution in [0.4, 0.5) is 11.8 Å². The van der Waals surface area contributed by atoms with E-state index in [1.54, 1.807) is 7.11 Å². The molecule has 0 saturated heterocycles. The van der Waals surface area contributed by atoms with Crippen molar-refractivity contribution in [1.82, 2.24) is 9.97 Å². The van der Waals surface area contributed by atoms with Crippen LogP contribution in [-0.4, -0.2) is 30.2 Å².